The Kier molecular flexibility index (Phi) is 7.75. The number of hydrogen-bond donors (Lipinski definition) is 0. The zero-order chi connectivity index (χ0) is 29.7. The van der Waals surface area contributed by atoms with Gasteiger partial charge in [-0.1, -0.05) is 0 Å². The SMILES string of the molecule is Cc1cc(-c2c(F)cc(S(=O)(=O)N3CC[C@H](F)C3)cc2F)nc2nc(C3CCN(C(=O)OC(C)(C)C)CC3)ccc12. The molecular formula is C29H33F3N4O4S. The lowest BCUT2D eigenvalue weighted by Gasteiger charge is -2.33. The minimum Gasteiger partial charge on any atom is -0.444 e. The molecule has 8 nitrogen and oxygen atoms in total. The molecular weight excluding hydrogens is 557 g/mol. The summed E-state index contributed by atoms with van der Waals surface area (Å²) in [5.74, 6) is -2.11. The van der Waals surface area contributed by atoms with Crippen LogP contribution in [0.1, 0.15) is 57.2 Å². The number of amides is 1. The Morgan fingerprint density at radius 1 is 1.00 bits per heavy atom. The fraction of sp³-hybridized carbons (Fsp3) is 0.483. The van der Waals surface area contributed by atoms with Crippen LogP contribution in [0.5, 0.6) is 0 Å². The standard InChI is InChI=1S/C29H33F3N4O4S/c1-17-13-25(26-22(31)14-20(15-23(26)32)41(38,39)36-12-9-19(30)16-36)34-27-21(17)5-6-24(33-27)18-7-10-35(11-8-18)28(37)40-29(2,3)4/h5-6,13-15,18-19H,7-12,16H2,1-4H3/t19-/m0/s1. The van der Waals surface area contributed by atoms with Gasteiger partial charge in [0.1, 0.15) is 23.4 Å². The Labute approximate surface area is 237 Å². The maximum atomic E-state index is 15.3. The molecule has 220 valence electrons. The molecule has 1 atom stereocenters. The number of nitrogens with zero attached hydrogens (tertiary/aromatic N) is 4. The number of fused-ring (bicyclic) bond motifs is 1. The lowest BCUT2D eigenvalue weighted by Crippen LogP contribution is -2.41. The van der Waals surface area contributed by atoms with Gasteiger partial charge in [0.15, 0.2) is 5.65 Å². The number of sulfonamides is 1. The highest BCUT2D eigenvalue weighted by molar-refractivity contribution is 7.89. The van der Waals surface area contributed by atoms with E-state index in [-0.39, 0.29) is 37.2 Å². The number of benzene rings is 1. The largest absolute Gasteiger partial charge is 0.444 e. The van der Waals surface area contributed by atoms with Crippen molar-refractivity contribution in [1.29, 1.82) is 0 Å². The zero-order valence-electron chi connectivity index (χ0n) is 23.5. The molecule has 3 aromatic rings. The lowest BCUT2D eigenvalue weighted by atomic mass is 9.93. The van der Waals surface area contributed by atoms with Gasteiger partial charge >= 0.3 is 6.09 Å². The molecule has 41 heavy (non-hydrogen) atoms. The fourth-order valence-electron chi connectivity index (χ4n) is 5.32. The van der Waals surface area contributed by atoms with Crippen LogP contribution in [0.3, 0.4) is 0 Å². The van der Waals surface area contributed by atoms with E-state index in [2.05, 4.69) is 4.98 Å². The smallest absolute Gasteiger partial charge is 0.410 e. The second kappa shape index (κ2) is 10.9. The highest BCUT2D eigenvalue weighted by Gasteiger charge is 2.34. The summed E-state index contributed by atoms with van der Waals surface area (Å²) >= 11 is 0. The van der Waals surface area contributed by atoms with Gasteiger partial charge in [-0.05, 0) is 82.9 Å². The molecule has 0 saturated carbocycles. The number of carbonyl (C=O) groups excluding carboxylic acids is 1. The molecule has 1 amide bonds. The molecule has 2 aliphatic heterocycles. The van der Waals surface area contributed by atoms with Crippen molar-refractivity contribution in [2.45, 2.75) is 69.5 Å². The number of piperidine rings is 1. The topological polar surface area (TPSA) is 92.7 Å². The molecule has 0 unspecified atom stereocenters. The Balaban J connectivity index is 1.41. The number of halogens is 3. The third-order valence-electron chi connectivity index (χ3n) is 7.47. The molecule has 0 bridgehead atoms. The fourth-order valence-corrected chi connectivity index (χ4v) is 6.83. The summed E-state index contributed by atoms with van der Waals surface area (Å²) < 4.78 is 76.2. The quantitative estimate of drug-likeness (QED) is 0.385. The molecule has 0 radical (unpaired) electrons. The number of alkyl halides is 1. The van der Waals surface area contributed by atoms with Crippen molar-refractivity contribution in [3.05, 3.63) is 53.2 Å². The summed E-state index contributed by atoms with van der Waals surface area (Å²) in [5, 5.41) is 0.721. The van der Waals surface area contributed by atoms with Crippen molar-refractivity contribution >= 4 is 27.1 Å². The van der Waals surface area contributed by atoms with E-state index in [1.165, 1.54) is 6.07 Å². The average molecular weight is 591 g/mol. The minimum absolute atomic E-state index is 0.0108. The molecule has 2 aliphatic rings. The molecule has 0 aliphatic carbocycles. The van der Waals surface area contributed by atoms with Gasteiger partial charge in [-0.15, -0.1) is 0 Å². The Morgan fingerprint density at radius 3 is 2.24 bits per heavy atom. The van der Waals surface area contributed by atoms with Crippen molar-refractivity contribution in [1.82, 2.24) is 19.2 Å². The monoisotopic (exact) mass is 590 g/mol. The third kappa shape index (κ3) is 6.04. The minimum atomic E-state index is -4.25. The summed E-state index contributed by atoms with van der Waals surface area (Å²) in [7, 11) is -4.25. The van der Waals surface area contributed by atoms with Gasteiger partial charge in [0.25, 0.3) is 0 Å². The number of hydrogen-bond acceptors (Lipinski definition) is 6. The number of ether oxygens (including phenoxy) is 1. The van der Waals surface area contributed by atoms with Crippen LogP contribution in [0, 0.1) is 18.6 Å². The number of aryl methyl sites for hydroxylation is 1. The van der Waals surface area contributed by atoms with Gasteiger partial charge in [0.2, 0.25) is 10.0 Å². The first-order chi connectivity index (χ1) is 19.2. The van der Waals surface area contributed by atoms with Gasteiger partial charge < -0.3 is 9.64 Å². The average Bonchev–Trinajstić information content (AvgIpc) is 3.34. The molecule has 2 saturated heterocycles. The van der Waals surface area contributed by atoms with Crippen molar-refractivity contribution in [3.63, 3.8) is 0 Å². The number of aromatic nitrogens is 2. The van der Waals surface area contributed by atoms with Crippen LogP contribution in [0.25, 0.3) is 22.3 Å². The van der Waals surface area contributed by atoms with Crippen LogP contribution in [-0.2, 0) is 14.8 Å². The van der Waals surface area contributed by atoms with E-state index >= 15 is 8.78 Å². The maximum Gasteiger partial charge on any atom is 0.410 e. The van der Waals surface area contributed by atoms with Crippen LogP contribution in [-0.4, -0.2) is 71.6 Å². The van der Waals surface area contributed by atoms with E-state index in [9.17, 15) is 17.6 Å². The van der Waals surface area contributed by atoms with E-state index in [4.69, 9.17) is 9.72 Å². The summed E-state index contributed by atoms with van der Waals surface area (Å²) in [4.78, 5) is 22.7. The second-order valence-corrected chi connectivity index (χ2v) is 13.6. The van der Waals surface area contributed by atoms with Gasteiger partial charge in [-0.3, -0.25) is 0 Å². The van der Waals surface area contributed by atoms with E-state index in [1.807, 2.05) is 32.9 Å². The highest BCUT2D eigenvalue weighted by Crippen LogP contribution is 2.33. The molecule has 1 aromatic carbocycles. The number of likely N-dealkylation sites (tertiary alicyclic amines) is 1. The lowest BCUT2D eigenvalue weighted by molar-refractivity contribution is 0.0204. The van der Waals surface area contributed by atoms with Crippen LogP contribution < -0.4 is 0 Å². The molecule has 0 spiro atoms. The van der Waals surface area contributed by atoms with Crippen LogP contribution in [0.4, 0.5) is 18.0 Å². The second-order valence-electron chi connectivity index (χ2n) is 11.7. The van der Waals surface area contributed by atoms with Crippen LogP contribution in [0.2, 0.25) is 0 Å². The molecule has 4 heterocycles. The van der Waals surface area contributed by atoms with E-state index < -0.39 is 43.9 Å². The summed E-state index contributed by atoms with van der Waals surface area (Å²) in [6.45, 7) is 7.89. The highest BCUT2D eigenvalue weighted by atomic mass is 32.2. The van der Waals surface area contributed by atoms with Crippen molar-refractivity contribution in [2.75, 3.05) is 26.2 Å². The van der Waals surface area contributed by atoms with Crippen LogP contribution in [0.15, 0.2) is 35.2 Å². The Bertz CT molecular complexity index is 1580. The van der Waals surface area contributed by atoms with Gasteiger partial charge in [-0.2, -0.15) is 4.31 Å². The van der Waals surface area contributed by atoms with Crippen molar-refractivity contribution < 1.29 is 31.1 Å². The van der Waals surface area contributed by atoms with Crippen molar-refractivity contribution in [2.24, 2.45) is 0 Å². The van der Waals surface area contributed by atoms with Gasteiger partial charge in [-0.25, -0.2) is 36.4 Å². The van der Waals surface area contributed by atoms with E-state index in [1.54, 1.807) is 11.8 Å². The third-order valence-corrected chi connectivity index (χ3v) is 9.31. The normalized spacial score (nSPS) is 19.2. The number of pyridine rings is 2. The van der Waals surface area contributed by atoms with Gasteiger partial charge in [0, 0.05) is 43.2 Å². The first-order valence-electron chi connectivity index (χ1n) is 13.6. The molecule has 12 heteroatoms. The van der Waals surface area contributed by atoms with E-state index in [0.29, 0.717) is 37.1 Å². The molecule has 5 rings (SSSR count). The molecule has 2 fully saturated rings. The molecule has 0 N–H and O–H groups in total. The zero-order valence-corrected chi connectivity index (χ0v) is 24.3. The number of rotatable bonds is 4. The summed E-state index contributed by atoms with van der Waals surface area (Å²) in [6, 6.07) is 6.82. The van der Waals surface area contributed by atoms with Gasteiger partial charge in [0.05, 0.1) is 16.2 Å². The maximum absolute atomic E-state index is 15.3. The predicted octanol–water partition coefficient (Wildman–Crippen LogP) is 5.73. The van der Waals surface area contributed by atoms with Crippen LogP contribution >= 0.6 is 0 Å². The summed E-state index contributed by atoms with van der Waals surface area (Å²) in [6.07, 6.45) is -0.260. The molecule has 2 aromatic heterocycles. The summed E-state index contributed by atoms with van der Waals surface area (Å²) in [5.41, 5.74) is 0.735. The Hall–Kier alpha value is -3.25. The first-order valence-corrected chi connectivity index (χ1v) is 15.1. The first kappa shape index (κ1) is 29.2. The predicted molar refractivity (Wildman–Crippen MR) is 148 cm³/mol. The van der Waals surface area contributed by atoms with E-state index in [0.717, 1.165) is 27.5 Å². The van der Waals surface area contributed by atoms with Crippen molar-refractivity contribution in [3.8, 4) is 11.3 Å². The number of carbonyl (C=O) groups is 1. The Morgan fingerprint density at radius 2 is 1.66 bits per heavy atom.